The number of thiazole rings is 1. The minimum Gasteiger partial charge on any atom is -0.345 e. The lowest BCUT2D eigenvalue weighted by atomic mass is 10.0. The van der Waals surface area contributed by atoms with Crippen LogP contribution >= 0.6 is 11.3 Å². The van der Waals surface area contributed by atoms with E-state index in [0.717, 1.165) is 27.3 Å². The first-order valence-corrected chi connectivity index (χ1v) is 6.60. The minimum absolute atomic E-state index is 0.396. The molecule has 3 rings (SSSR count). The van der Waals surface area contributed by atoms with E-state index in [-0.39, 0.29) is 0 Å². The maximum atomic E-state index is 6.05. The Morgan fingerprint density at radius 3 is 2.89 bits per heavy atom. The topological polar surface area (TPSA) is 67.6 Å². The molecule has 2 heterocycles. The van der Waals surface area contributed by atoms with Crippen molar-refractivity contribution in [2.45, 2.75) is 19.4 Å². The molecule has 2 aromatic heterocycles. The number of nitrogens with two attached hydrogens (primary N) is 1. The zero-order valence-corrected chi connectivity index (χ0v) is 11.1. The molecule has 0 unspecified atom stereocenters. The Kier molecular flexibility index (Phi) is 2.46. The van der Waals surface area contributed by atoms with Gasteiger partial charge in [-0.3, -0.25) is 0 Å². The first-order chi connectivity index (χ1) is 8.54. The predicted octanol–water partition coefficient (Wildman–Crippen LogP) is 2.88. The van der Waals surface area contributed by atoms with E-state index in [1.165, 1.54) is 0 Å². The van der Waals surface area contributed by atoms with Crippen LogP contribution < -0.4 is 5.73 Å². The molecule has 0 bridgehead atoms. The Morgan fingerprint density at radius 2 is 2.17 bits per heavy atom. The number of benzene rings is 1. The Hall–Kier alpha value is -1.72. The number of hydrogen-bond acceptors (Lipinski definition) is 4. The van der Waals surface area contributed by atoms with E-state index in [9.17, 15) is 0 Å². The lowest BCUT2D eigenvalue weighted by Gasteiger charge is -2.14. The molecule has 1 aromatic carbocycles. The molecule has 0 saturated carbocycles. The van der Waals surface area contributed by atoms with Gasteiger partial charge in [0, 0.05) is 10.9 Å². The van der Waals surface area contributed by atoms with Gasteiger partial charge < -0.3 is 10.7 Å². The average molecular weight is 258 g/mol. The van der Waals surface area contributed by atoms with Crippen LogP contribution in [0.3, 0.4) is 0 Å². The van der Waals surface area contributed by atoms with Gasteiger partial charge >= 0.3 is 0 Å². The molecule has 0 spiro atoms. The molecule has 3 N–H and O–H groups in total. The van der Waals surface area contributed by atoms with Crippen molar-refractivity contribution in [2.75, 3.05) is 0 Å². The molecule has 0 amide bonds. The van der Waals surface area contributed by atoms with Crippen molar-refractivity contribution >= 4 is 22.4 Å². The SMILES string of the molecule is CC(C)(N)c1csc(-c2ccc3nc[nH]c3c2)n1. The number of rotatable bonds is 2. The van der Waals surface area contributed by atoms with E-state index in [1.54, 1.807) is 17.7 Å². The number of nitrogens with zero attached hydrogens (tertiary/aromatic N) is 2. The fourth-order valence-corrected chi connectivity index (χ4v) is 2.76. The molecule has 0 atom stereocenters. The number of aromatic nitrogens is 3. The molecule has 0 saturated heterocycles. The fourth-order valence-electron chi connectivity index (χ4n) is 1.77. The second-order valence-electron chi connectivity index (χ2n) is 4.89. The highest BCUT2D eigenvalue weighted by Crippen LogP contribution is 2.29. The van der Waals surface area contributed by atoms with E-state index >= 15 is 0 Å². The molecular formula is C13H14N4S. The van der Waals surface area contributed by atoms with E-state index in [2.05, 4.69) is 21.0 Å². The summed E-state index contributed by atoms with van der Waals surface area (Å²) in [7, 11) is 0. The highest BCUT2D eigenvalue weighted by atomic mass is 32.1. The van der Waals surface area contributed by atoms with Gasteiger partial charge in [-0.05, 0) is 32.0 Å². The predicted molar refractivity (Wildman–Crippen MR) is 74.4 cm³/mol. The van der Waals surface area contributed by atoms with Crippen molar-refractivity contribution in [1.82, 2.24) is 15.0 Å². The molecule has 0 aliphatic rings. The second-order valence-corrected chi connectivity index (χ2v) is 5.75. The summed E-state index contributed by atoms with van der Waals surface area (Å²) in [6, 6.07) is 6.10. The highest BCUT2D eigenvalue weighted by Gasteiger charge is 2.18. The van der Waals surface area contributed by atoms with Crippen molar-refractivity contribution in [3.05, 3.63) is 35.6 Å². The lowest BCUT2D eigenvalue weighted by molar-refractivity contribution is 0.539. The maximum absolute atomic E-state index is 6.05. The zero-order valence-electron chi connectivity index (χ0n) is 10.3. The lowest BCUT2D eigenvalue weighted by Crippen LogP contribution is -2.28. The van der Waals surface area contributed by atoms with Crippen LogP contribution in [-0.2, 0) is 5.54 Å². The monoisotopic (exact) mass is 258 g/mol. The van der Waals surface area contributed by atoms with Gasteiger partial charge in [-0.2, -0.15) is 0 Å². The van der Waals surface area contributed by atoms with Crippen LogP contribution in [0.15, 0.2) is 29.9 Å². The standard InChI is InChI=1S/C13H14N4S/c1-13(2,14)11-6-18-12(17-11)8-3-4-9-10(5-8)16-7-15-9/h3-7H,14H2,1-2H3,(H,15,16). The number of hydrogen-bond donors (Lipinski definition) is 2. The summed E-state index contributed by atoms with van der Waals surface area (Å²) in [5, 5.41) is 3.01. The fraction of sp³-hybridized carbons (Fsp3) is 0.231. The number of aromatic amines is 1. The van der Waals surface area contributed by atoms with Gasteiger partial charge in [0.15, 0.2) is 0 Å². The summed E-state index contributed by atoms with van der Waals surface area (Å²) in [4.78, 5) is 11.9. The largest absolute Gasteiger partial charge is 0.345 e. The normalized spacial score (nSPS) is 12.2. The Bertz CT molecular complexity index is 690. The van der Waals surface area contributed by atoms with Gasteiger partial charge in [0.2, 0.25) is 0 Å². The van der Waals surface area contributed by atoms with Crippen molar-refractivity contribution in [3.63, 3.8) is 0 Å². The van der Waals surface area contributed by atoms with Crippen LogP contribution in [0.25, 0.3) is 21.6 Å². The molecule has 0 fully saturated rings. The molecule has 0 radical (unpaired) electrons. The summed E-state index contributed by atoms with van der Waals surface area (Å²) in [5.74, 6) is 0. The van der Waals surface area contributed by atoms with Gasteiger partial charge in [0.1, 0.15) is 5.01 Å². The van der Waals surface area contributed by atoms with Crippen molar-refractivity contribution in [2.24, 2.45) is 5.73 Å². The third-order valence-electron chi connectivity index (χ3n) is 2.83. The van der Waals surface area contributed by atoms with Crippen LogP contribution in [0.2, 0.25) is 0 Å². The molecular weight excluding hydrogens is 244 g/mol. The third kappa shape index (κ3) is 1.91. The molecule has 0 aliphatic carbocycles. The van der Waals surface area contributed by atoms with Gasteiger partial charge in [0.25, 0.3) is 0 Å². The number of nitrogens with one attached hydrogen (secondary N) is 1. The smallest absolute Gasteiger partial charge is 0.123 e. The Balaban J connectivity index is 2.06. The molecule has 4 nitrogen and oxygen atoms in total. The first kappa shape index (κ1) is 11.4. The van der Waals surface area contributed by atoms with E-state index in [1.807, 2.05) is 31.4 Å². The quantitative estimate of drug-likeness (QED) is 0.742. The maximum Gasteiger partial charge on any atom is 0.123 e. The average Bonchev–Trinajstić information content (AvgIpc) is 2.96. The summed E-state index contributed by atoms with van der Waals surface area (Å²) >= 11 is 1.62. The van der Waals surface area contributed by atoms with E-state index in [4.69, 9.17) is 5.73 Å². The van der Waals surface area contributed by atoms with Gasteiger partial charge in [-0.1, -0.05) is 0 Å². The zero-order chi connectivity index (χ0) is 12.8. The van der Waals surface area contributed by atoms with Crippen LogP contribution in [-0.4, -0.2) is 15.0 Å². The first-order valence-electron chi connectivity index (χ1n) is 5.72. The highest BCUT2D eigenvalue weighted by molar-refractivity contribution is 7.13. The number of fused-ring (bicyclic) bond motifs is 1. The van der Waals surface area contributed by atoms with Crippen molar-refractivity contribution in [3.8, 4) is 10.6 Å². The Morgan fingerprint density at radius 1 is 1.33 bits per heavy atom. The van der Waals surface area contributed by atoms with Crippen LogP contribution in [0.1, 0.15) is 19.5 Å². The third-order valence-corrected chi connectivity index (χ3v) is 3.72. The van der Waals surface area contributed by atoms with E-state index < -0.39 is 5.54 Å². The summed E-state index contributed by atoms with van der Waals surface area (Å²) in [5.41, 5.74) is 9.66. The molecule has 92 valence electrons. The molecule has 3 aromatic rings. The van der Waals surface area contributed by atoms with Gasteiger partial charge in [-0.15, -0.1) is 11.3 Å². The van der Waals surface area contributed by atoms with Crippen molar-refractivity contribution < 1.29 is 0 Å². The van der Waals surface area contributed by atoms with Crippen LogP contribution in [0.5, 0.6) is 0 Å². The van der Waals surface area contributed by atoms with Crippen molar-refractivity contribution in [1.29, 1.82) is 0 Å². The van der Waals surface area contributed by atoms with E-state index in [0.29, 0.717) is 0 Å². The summed E-state index contributed by atoms with van der Waals surface area (Å²) in [6.07, 6.45) is 1.70. The number of imidazole rings is 1. The molecule has 18 heavy (non-hydrogen) atoms. The molecule has 5 heteroatoms. The number of H-pyrrole nitrogens is 1. The van der Waals surface area contributed by atoms with Crippen LogP contribution in [0.4, 0.5) is 0 Å². The van der Waals surface area contributed by atoms with Crippen LogP contribution in [0, 0.1) is 0 Å². The molecule has 0 aliphatic heterocycles. The second kappa shape index (κ2) is 3.90. The summed E-state index contributed by atoms with van der Waals surface area (Å²) in [6.45, 7) is 3.92. The Labute approximate surface area is 109 Å². The summed E-state index contributed by atoms with van der Waals surface area (Å²) < 4.78 is 0. The van der Waals surface area contributed by atoms with Gasteiger partial charge in [-0.25, -0.2) is 9.97 Å². The minimum atomic E-state index is -0.396. The van der Waals surface area contributed by atoms with Gasteiger partial charge in [0.05, 0.1) is 28.6 Å².